The lowest BCUT2D eigenvalue weighted by Crippen LogP contribution is -2.13. The van der Waals surface area contributed by atoms with Crippen molar-refractivity contribution in [3.05, 3.63) is 15.9 Å². The fourth-order valence-corrected chi connectivity index (χ4v) is 3.48. The van der Waals surface area contributed by atoms with Crippen LogP contribution in [0.2, 0.25) is 0 Å². The maximum absolute atomic E-state index is 10.2. The van der Waals surface area contributed by atoms with Gasteiger partial charge in [-0.2, -0.15) is 5.10 Å². The zero-order valence-electron chi connectivity index (χ0n) is 13.9. The Bertz CT molecular complexity index is 404. The van der Waals surface area contributed by atoms with Crippen LogP contribution < -0.4 is 0 Å². The third-order valence-corrected chi connectivity index (χ3v) is 4.99. The van der Waals surface area contributed by atoms with Crippen LogP contribution in [0.4, 0.5) is 0 Å². The van der Waals surface area contributed by atoms with Crippen LogP contribution in [0.1, 0.15) is 76.6 Å². The van der Waals surface area contributed by atoms with Gasteiger partial charge in [0.15, 0.2) is 0 Å². The Morgan fingerprint density at radius 3 is 2.29 bits per heavy atom. The number of rotatable bonds is 11. The van der Waals surface area contributed by atoms with Crippen LogP contribution in [0.5, 0.6) is 0 Å². The molecule has 4 heteroatoms. The van der Waals surface area contributed by atoms with Crippen molar-refractivity contribution in [2.45, 2.75) is 84.2 Å². The standard InChI is InChI=1S/C17H31BrN2O/c1-4-6-7-8-9-10-11-12-14(21)13-16-17(18)15(5-2)19-20(16)3/h14,21H,4-13H2,1-3H3. The first-order valence-corrected chi connectivity index (χ1v) is 9.27. The monoisotopic (exact) mass is 358 g/mol. The van der Waals surface area contributed by atoms with Gasteiger partial charge in [-0.05, 0) is 28.8 Å². The third-order valence-electron chi connectivity index (χ3n) is 4.07. The Labute approximate surface area is 138 Å². The van der Waals surface area contributed by atoms with Gasteiger partial charge in [-0.1, -0.05) is 58.8 Å². The predicted molar refractivity (Wildman–Crippen MR) is 92.6 cm³/mol. The Kier molecular flexibility index (Phi) is 9.25. The number of aliphatic hydroxyl groups is 1. The lowest BCUT2D eigenvalue weighted by Gasteiger charge is -2.11. The minimum absolute atomic E-state index is 0.253. The van der Waals surface area contributed by atoms with Gasteiger partial charge >= 0.3 is 0 Å². The number of aliphatic hydroxyl groups excluding tert-OH is 1. The van der Waals surface area contributed by atoms with Crippen LogP contribution in [0.3, 0.4) is 0 Å². The highest BCUT2D eigenvalue weighted by Crippen LogP contribution is 2.23. The van der Waals surface area contributed by atoms with Gasteiger partial charge in [0, 0.05) is 13.5 Å². The number of hydrogen-bond donors (Lipinski definition) is 1. The van der Waals surface area contributed by atoms with Crippen LogP contribution in [0.25, 0.3) is 0 Å². The molecule has 1 rings (SSSR count). The number of unbranched alkanes of at least 4 members (excludes halogenated alkanes) is 6. The van der Waals surface area contributed by atoms with Gasteiger partial charge in [-0.3, -0.25) is 4.68 Å². The molecule has 1 N–H and O–H groups in total. The van der Waals surface area contributed by atoms with E-state index in [2.05, 4.69) is 34.9 Å². The van der Waals surface area contributed by atoms with Crippen LogP contribution in [0, 0.1) is 0 Å². The maximum Gasteiger partial charge on any atom is 0.0766 e. The summed E-state index contributed by atoms with van der Waals surface area (Å²) < 4.78 is 2.97. The summed E-state index contributed by atoms with van der Waals surface area (Å²) in [5.74, 6) is 0. The summed E-state index contributed by atoms with van der Waals surface area (Å²) in [7, 11) is 1.96. The van der Waals surface area contributed by atoms with Crippen molar-refractivity contribution in [2.75, 3.05) is 0 Å². The number of aromatic nitrogens is 2. The largest absolute Gasteiger partial charge is 0.393 e. The molecule has 1 unspecified atom stereocenters. The van der Waals surface area contributed by atoms with Crippen molar-refractivity contribution in [1.82, 2.24) is 9.78 Å². The second-order valence-electron chi connectivity index (χ2n) is 5.95. The van der Waals surface area contributed by atoms with Gasteiger partial charge in [-0.15, -0.1) is 0 Å². The van der Waals surface area contributed by atoms with Gasteiger partial charge in [0.2, 0.25) is 0 Å². The molecule has 0 bridgehead atoms. The fourth-order valence-electron chi connectivity index (χ4n) is 2.70. The zero-order valence-corrected chi connectivity index (χ0v) is 15.5. The fraction of sp³-hybridized carbons (Fsp3) is 0.824. The van der Waals surface area contributed by atoms with Crippen molar-refractivity contribution in [3.8, 4) is 0 Å². The molecule has 1 heterocycles. The first-order valence-electron chi connectivity index (χ1n) is 8.48. The molecule has 21 heavy (non-hydrogen) atoms. The number of halogens is 1. The minimum atomic E-state index is -0.253. The molecule has 1 atom stereocenters. The highest BCUT2D eigenvalue weighted by Gasteiger charge is 2.15. The highest BCUT2D eigenvalue weighted by molar-refractivity contribution is 9.10. The lowest BCUT2D eigenvalue weighted by molar-refractivity contribution is 0.158. The molecular weight excluding hydrogens is 328 g/mol. The van der Waals surface area contributed by atoms with E-state index in [4.69, 9.17) is 0 Å². The predicted octanol–water partition coefficient (Wildman–Crippen LogP) is 4.79. The van der Waals surface area contributed by atoms with Gasteiger partial charge in [-0.25, -0.2) is 0 Å². The molecule has 0 spiro atoms. The smallest absolute Gasteiger partial charge is 0.0766 e. The van der Waals surface area contributed by atoms with E-state index in [1.165, 1.54) is 38.5 Å². The highest BCUT2D eigenvalue weighted by atomic mass is 79.9. The van der Waals surface area contributed by atoms with Crippen LogP contribution in [-0.2, 0) is 19.9 Å². The zero-order chi connectivity index (χ0) is 15.7. The molecule has 0 aliphatic rings. The van der Waals surface area contributed by atoms with Crippen molar-refractivity contribution in [3.63, 3.8) is 0 Å². The topological polar surface area (TPSA) is 38.1 Å². The maximum atomic E-state index is 10.2. The summed E-state index contributed by atoms with van der Waals surface area (Å²) in [6.45, 7) is 4.35. The molecule has 0 amide bonds. The van der Waals surface area contributed by atoms with Crippen molar-refractivity contribution < 1.29 is 5.11 Å². The number of nitrogens with zero attached hydrogens (tertiary/aromatic N) is 2. The summed E-state index contributed by atoms with van der Waals surface area (Å²) in [6.07, 6.45) is 11.3. The average Bonchev–Trinajstić information content (AvgIpc) is 2.73. The molecule has 122 valence electrons. The summed E-state index contributed by atoms with van der Waals surface area (Å²) in [4.78, 5) is 0. The Morgan fingerprint density at radius 1 is 1.10 bits per heavy atom. The Balaban J connectivity index is 2.25. The molecule has 0 saturated carbocycles. The molecule has 0 aromatic carbocycles. The van der Waals surface area contributed by atoms with E-state index in [1.54, 1.807) is 0 Å². The van der Waals surface area contributed by atoms with E-state index < -0.39 is 0 Å². The average molecular weight is 359 g/mol. The van der Waals surface area contributed by atoms with Crippen LogP contribution in [0.15, 0.2) is 4.47 Å². The number of hydrogen-bond acceptors (Lipinski definition) is 2. The SMILES string of the molecule is CCCCCCCCCC(O)Cc1c(Br)c(CC)nn1C. The van der Waals surface area contributed by atoms with E-state index >= 15 is 0 Å². The van der Waals surface area contributed by atoms with Gasteiger partial charge < -0.3 is 5.11 Å². The molecule has 0 aliphatic carbocycles. The first-order chi connectivity index (χ1) is 10.1. The van der Waals surface area contributed by atoms with Crippen molar-refractivity contribution in [1.29, 1.82) is 0 Å². The van der Waals surface area contributed by atoms with Gasteiger partial charge in [0.25, 0.3) is 0 Å². The van der Waals surface area contributed by atoms with E-state index in [9.17, 15) is 5.11 Å². The van der Waals surface area contributed by atoms with Gasteiger partial charge in [0.05, 0.1) is 22.0 Å². The van der Waals surface area contributed by atoms with Crippen LogP contribution >= 0.6 is 15.9 Å². The molecule has 1 aromatic heterocycles. The van der Waals surface area contributed by atoms with E-state index in [0.29, 0.717) is 6.42 Å². The molecule has 0 aliphatic heterocycles. The van der Waals surface area contributed by atoms with Crippen LogP contribution in [-0.4, -0.2) is 21.0 Å². The van der Waals surface area contributed by atoms with E-state index in [-0.39, 0.29) is 6.10 Å². The molecule has 0 fully saturated rings. The lowest BCUT2D eigenvalue weighted by atomic mass is 10.0. The normalized spacial score (nSPS) is 12.8. The molecular formula is C17H31BrN2O. The summed E-state index contributed by atoms with van der Waals surface area (Å²) >= 11 is 3.61. The van der Waals surface area contributed by atoms with E-state index in [1.807, 2.05) is 11.7 Å². The Hall–Kier alpha value is -0.350. The first kappa shape index (κ1) is 18.7. The number of aryl methyl sites for hydroxylation is 2. The quantitative estimate of drug-likeness (QED) is 0.577. The molecule has 1 aromatic rings. The van der Waals surface area contributed by atoms with E-state index in [0.717, 1.165) is 35.1 Å². The summed E-state index contributed by atoms with van der Waals surface area (Å²) in [5.41, 5.74) is 2.19. The Morgan fingerprint density at radius 2 is 1.71 bits per heavy atom. The molecule has 3 nitrogen and oxygen atoms in total. The van der Waals surface area contributed by atoms with Crippen molar-refractivity contribution in [2.24, 2.45) is 7.05 Å². The third kappa shape index (κ3) is 6.52. The van der Waals surface area contributed by atoms with Gasteiger partial charge in [0.1, 0.15) is 0 Å². The minimum Gasteiger partial charge on any atom is -0.393 e. The second kappa shape index (κ2) is 10.4. The van der Waals surface area contributed by atoms with Crippen molar-refractivity contribution >= 4 is 15.9 Å². The summed E-state index contributed by atoms with van der Waals surface area (Å²) in [5, 5.41) is 14.7. The second-order valence-corrected chi connectivity index (χ2v) is 6.75. The molecule has 0 saturated heterocycles. The summed E-state index contributed by atoms with van der Waals surface area (Å²) in [6, 6.07) is 0. The molecule has 0 radical (unpaired) electrons.